The lowest BCUT2D eigenvalue weighted by molar-refractivity contribution is 0.0641. The molecule has 20 heavy (non-hydrogen) atoms. The Kier molecular flexibility index (Phi) is 5.01. The molecule has 2 rings (SSSR count). The first kappa shape index (κ1) is 14.9. The second-order valence-corrected chi connectivity index (χ2v) is 5.47. The molecule has 0 unspecified atom stereocenters. The van der Waals surface area contributed by atoms with E-state index in [2.05, 4.69) is 12.2 Å². The van der Waals surface area contributed by atoms with Crippen molar-refractivity contribution in [1.82, 2.24) is 5.32 Å². The van der Waals surface area contributed by atoms with Gasteiger partial charge in [-0.25, -0.2) is 0 Å². The molecule has 1 aliphatic carbocycles. The molecule has 2 N–H and O–H groups in total. The molecule has 1 fully saturated rings. The van der Waals surface area contributed by atoms with Gasteiger partial charge in [0.15, 0.2) is 0 Å². The smallest absolute Gasteiger partial charge is 0.251 e. The van der Waals surface area contributed by atoms with Crippen LogP contribution in [0.5, 0.6) is 5.75 Å². The largest absolute Gasteiger partial charge is 0.494 e. The van der Waals surface area contributed by atoms with Gasteiger partial charge in [0.25, 0.3) is 5.91 Å². The van der Waals surface area contributed by atoms with Gasteiger partial charge in [-0.15, -0.1) is 0 Å². The summed E-state index contributed by atoms with van der Waals surface area (Å²) in [4.78, 5) is 12.1. The Morgan fingerprint density at radius 3 is 2.55 bits per heavy atom. The van der Waals surface area contributed by atoms with E-state index >= 15 is 0 Å². The number of hydrogen-bond acceptors (Lipinski definition) is 3. The number of rotatable bonds is 7. The van der Waals surface area contributed by atoms with Crippen LogP contribution in [0.15, 0.2) is 24.3 Å². The van der Waals surface area contributed by atoms with Gasteiger partial charge in [-0.2, -0.15) is 0 Å². The number of aliphatic hydroxyl groups excluding tert-OH is 1. The molecule has 0 aromatic heterocycles. The average molecular weight is 277 g/mol. The van der Waals surface area contributed by atoms with Gasteiger partial charge in [0.1, 0.15) is 5.75 Å². The first-order valence-electron chi connectivity index (χ1n) is 7.35. The second-order valence-electron chi connectivity index (χ2n) is 5.47. The normalized spacial score (nSPS) is 16.3. The molecule has 1 aliphatic rings. The number of unbranched alkanes of at least 4 members (excludes halogenated alkanes) is 1. The van der Waals surface area contributed by atoms with E-state index in [1.165, 1.54) is 0 Å². The first-order valence-corrected chi connectivity index (χ1v) is 7.35. The lowest BCUT2D eigenvalue weighted by Gasteiger charge is -2.40. The summed E-state index contributed by atoms with van der Waals surface area (Å²) >= 11 is 0. The monoisotopic (exact) mass is 277 g/mol. The number of nitrogens with one attached hydrogen (secondary N) is 1. The van der Waals surface area contributed by atoms with E-state index in [-0.39, 0.29) is 12.5 Å². The van der Waals surface area contributed by atoms with Crippen LogP contribution in [-0.2, 0) is 0 Å². The van der Waals surface area contributed by atoms with E-state index in [9.17, 15) is 9.90 Å². The summed E-state index contributed by atoms with van der Waals surface area (Å²) in [6.07, 6.45) is 4.90. The van der Waals surface area contributed by atoms with Crippen molar-refractivity contribution in [2.75, 3.05) is 13.2 Å². The topological polar surface area (TPSA) is 58.6 Å². The third kappa shape index (κ3) is 3.51. The number of ether oxygens (including phenoxy) is 1. The van der Waals surface area contributed by atoms with Gasteiger partial charge in [-0.3, -0.25) is 4.79 Å². The molecule has 0 radical (unpaired) electrons. The molecule has 1 aromatic rings. The summed E-state index contributed by atoms with van der Waals surface area (Å²) in [6, 6.07) is 7.16. The van der Waals surface area contributed by atoms with Gasteiger partial charge in [-0.05, 0) is 49.9 Å². The highest BCUT2D eigenvalue weighted by Crippen LogP contribution is 2.31. The van der Waals surface area contributed by atoms with Crippen LogP contribution in [0, 0.1) is 0 Å². The molecule has 4 heteroatoms. The van der Waals surface area contributed by atoms with Crippen molar-refractivity contribution in [1.29, 1.82) is 0 Å². The first-order chi connectivity index (χ1) is 9.69. The van der Waals surface area contributed by atoms with Gasteiger partial charge in [0, 0.05) is 5.56 Å². The maximum atomic E-state index is 12.1. The standard InChI is InChI=1S/C16H23NO3/c1-2-3-11-20-14-7-5-13(6-8-14)15(19)17-16(12-18)9-4-10-16/h5-8,18H,2-4,9-12H2,1H3,(H,17,19). The molecule has 110 valence electrons. The van der Waals surface area contributed by atoms with Crippen molar-refractivity contribution >= 4 is 5.91 Å². The molecule has 0 spiro atoms. The Bertz CT molecular complexity index is 432. The fourth-order valence-electron chi connectivity index (χ4n) is 2.28. The molecule has 4 nitrogen and oxygen atoms in total. The SMILES string of the molecule is CCCCOc1ccc(C(=O)NC2(CO)CCC2)cc1. The molecule has 1 amide bonds. The van der Waals surface area contributed by atoms with Crippen molar-refractivity contribution in [3.8, 4) is 5.75 Å². The Labute approximate surface area is 120 Å². The fourth-order valence-corrected chi connectivity index (χ4v) is 2.28. The molecule has 1 saturated carbocycles. The maximum Gasteiger partial charge on any atom is 0.251 e. The molecule has 0 bridgehead atoms. The molecule has 0 saturated heterocycles. The fraction of sp³-hybridized carbons (Fsp3) is 0.562. The van der Waals surface area contributed by atoms with Crippen LogP contribution >= 0.6 is 0 Å². The van der Waals surface area contributed by atoms with Crippen LogP contribution < -0.4 is 10.1 Å². The van der Waals surface area contributed by atoms with Gasteiger partial charge in [0.05, 0.1) is 18.8 Å². The zero-order chi connectivity index (χ0) is 14.4. The summed E-state index contributed by atoms with van der Waals surface area (Å²) in [7, 11) is 0. The van der Waals surface area contributed by atoms with E-state index in [0.717, 1.165) is 37.9 Å². The second kappa shape index (κ2) is 6.75. The average Bonchev–Trinajstić information content (AvgIpc) is 2.44. The Hall–Kier alpha value is -1.55. The summed E-state index contributed by atoms with van der Waals surface area (Å²) in [5.74, 6) is 0.661. The van der Waals surface area contributed by atoms with Crippen LogP contribution in [0.1, 0.15) is 49.4 Å². The molecular weight excluding hydrogens is 254 g/mol. The third-order valence-corrected chi connectivity index (χ3v) is 3.88. The van der Waals surface area contributed by atoms with E-state index in [0.29, 0.717) is 12.2 Å². The van der Waals surface area contributed by atoms with E-state index in [1.807, 2.05) is 12.1 Å². The van der Waals surface area contributed by atoms with Gasteiger partial charge in [0.2, 0.25) is 0 Å². The van der Waals surface area contributed by atoms with Crippen molar-refractivity contribution in [2.45, 2.75) is 44.6 Å². The van der Waals surface area contributed by atoms with Crippen molar-refractivity contribution in [3.63, 3.8) is 0 Å². The van der Waals surface area contributed by atoms with Crippen molar-refractivity contribution < 1.29 is 14.6 Å². The zero-order valence-corrected chi connectivity index (χ0v) is 12.0. The summed E-state index contributed by atoms with van der Waals surface area (Å²) < 4.78 is 5.56. The van der Waals surface area contributed by atoms with Gasteiger partial charge >= 0.3 is 0 Å². The summed E-state index contributed by atoms with van der Waals surface area (Å²) in [5.41, 5.74) is 0.209. The number of benzene rings is 1. The molecule has 0 aliphatic heterocycles. The minimum atomic E-state index is -0.395. The van der Waals surface area contributed by atoms with Crippen molar-refractivity contribution in [3.05, 3.63) is 29.8 Å². The van der Waals surface area contributed by atoms with Crippen LogP contribution in [0.25, 0.3) is 0 Å². The lowest BCUT2D eigenvalue weighted by Crippen LogP contribution is -2.56. The highest BCUT2D eigenvalue weighted by Gasteiger charge is 2.37. The minimum absolute atomic E-state index is 0.0109. The Balaban J connectivity index is 1.90. The number of hydrogen-bond donors (Lipinski definition) is 2. The van der Waals surface area contributed by atoms with Crippen molar-refractivity contribution in [2.24, 2.45) is 0 Å². The lowest BCUT2D eigenvalue weighted by atomic mass is 9.77. The van der Waals surface area contributed by atoms with Crippen LogP contribution in [-0.4, -0.2) is 29.8 Å². The van der Waals surface area contributed by atoms with E-state index in [1.54, 1.807) is 12.1 Å². The van der Waals surface area contributed by atoms with Gasteiger partial charge < -0.3 is 15.2 Å². The molecule has 1 aromatic carbocycles. The van der Waals surface area contributed by atoms with Gasteiger partial charge in [-0.1, -0.05) is 13.3 Å². The van der Waals surface area contributed by atoms with Crippen LogP contribution in [0.4, 0.5) is 0 Å². The highest BCUT2D eigenvalue weighted by molar-refractivity contribution is 5.94. The summed E-state index contributed by atoms with van der Waals surface area (Å²) in [5, 5.41) is 12.3. The predicted octanol–water partition coefficient (Wildman–Crippen LogP) is 2.51. The van der Waals surface area contributed by atoms with E-state index < -0.39 is 5.54 Å². The number of amides is 1. The zero-order valence-electron chi connectivity index (χ0n) is 12.0. The minimum Gasteiger partial charge on any atom is -0.494 e. The summed E-state index contributed by atoms with van der Waals surface area (Å²) in [6.45, 7) is 2.83. The van der Waals surface area contributed by atoms with E-state index in [4.69, 9.17) is 4.74 Å². The quantitative estimate of drug-likeness (QED) is 0.753. The number of carbonyl (C=O) groups excluding carboxylic acids is 1. The number of carbonyl (C=O) groups is 1. The Morgan fingerprint density at radius 1 is 1.35 bits per heavy atom. The maximum absolute atomic E-state index is 12.1. The van der Waals surface area contributed by atoms with Crippen LogP contribution in [0.3, 0.4) is 0 Å². The highest BCUT2D eigenvalue weighted by atomic mass is 16.5. The third-order valence-electron chi connectivity index (χ3n) is 3.88. The molecule has 0 heterocycles. The van der Waals surface area contributed by atoms with Crippen LogP contribution in [0.2, 0.25) is 0 Å². The molecule has 0 atom stereocenters. The Morgan fingerprint density at radius 2 is 2.05 bits per heavy atom. The molecular formula is C16H23NO3. The predicted molar refractivity (Wildman–Crippen MR) is 78.0 cm³/mol. The number of aliphatic hydroxyl groups is 1.